The van der Waals surface area contributed by atoms with Crippen LogP contribution in [0, 0.1) is 6.92 Å². The molecule has 0 radical (unpaired) electrons. The molecule has 0 atom stereocenters. The van der Waals surface area contributed by atoms with E-state index in [-0.39, 0.29) is 11.6 Å². The minimum absolute atomic E-state index is 0.0883. The molecule has 9 heteroatoms. The minimum atomic E-state index is -0.0883. The van der Waals surface area contributed by atoms with E-state index >= 15 is 0 Å². The lowest BCUT2D eigenvalue weighted by molar-refractivity contribution is 0.302. The van der Waals surface area contributed by atoms with Crippen LogP contribution >= 0.6 is 0 Å². The van der Waals surface area contributed by atoms with E-state index in [2.05, 4.69) is 30.5 Å². The summed E-state index contributed by atoms with van der Waals surface area (Å²) in [5.41, 5.74) is 0.812. The molecular formula is C17H20N8O. The van der Waals surface area contributed by atoms with E-state index in [0.717, 1.165) is 37.2 Å². The van der Waals surface area contributed by atoms with Crippen LogP contribution in [0.1, 0.15) is 37.4 Å². The van der Waals surface area contributed by atoms with Crippen molar-refractivity contribution in [3.63, 3.8) is 0 Å². The molecule has 26 heavy (non-hydrogen) atoms. The number of nitrogens with one attached hydrogen (secondary N) is 1. The Morgan fingerprint density at radius 1 is 1.12 bits per heavy atom. The molecule has 0 unspecified atom stereocenters. The second-order valence-electron chi connectivity index (χ2n) is 6.51. The van der Waals surface area contributed by atoms with E-state index < -0.39 is 0 Å². The van der Waals surface area contributed by atoms with Gasteiger partial charge in [-0.3, -0.25) is 9.78 Å². The molecule has 3 aromatic heterocycles. The molecule has 0 amide bonds. The Balaban J connectivity index is 1.44. The lowest BCUT2D eigenvalue weighted by Crippen LogP contribution is -2.33. The predicted molar refractivity (Wildman–Crippen MR) is 95.1 cm³/mol. The summed E-state index contributed by atoms with van der Waals surface area (Å²) in [6.45, 7) is 1.92. The predicted octanol–water partition coefficient (Wildman–Crippen LogP) is 1.52. The van der Waals surface area contributed by atoms with E-state index in [0.29, 0.717) is 11.9 Å². The second kappa shape index (κ2) is 7.03. The van der Waals surface area contributed by atoms with Crippen molar-refractivity contribution in [3.8, 4) is 5.82 Å². The fraction of sp³-hybridized carbons (Fsp3) is 0.412. The third-order valence-electron chi connectivity index (χ3n) is 4.64. The van der Waals surface area contributed by atoms with Crippen molar-refractivity contribution in [3.05, 3.63) is 53.2 Å². The number of aromatic nitrogens is 7. The number of hydrogen-bond donors (Lipinski definition) is 1. The monoisotopic (exact) mass is 352 g/mol. The Morgan fingerprint density at radius 3 is 2.65 bits per heavy atom. The van der Waals surface area contributed by atoms with Crippen LogP contribution < -0.4 is 10.9 Å². The van der Waals surface area contributed by atoms with Crippen molar-refractivity contribution in [1.29, 1.82) is 0 Å². The summed E-state index contributed by atoms with van der Waals surface area (Å²) in [6.07, 6.45) is 10.2. The average Bonchev–Trinajstić information content (AvgIpc) is 3.20. The molecule has 0 spiro atoms. The van der Waals surface area contributed by atoms with Gasteiger partial charge in [0.2, 0.25) is 0 Å². The van der Waals surface area contributed by atoms with Gasteiger partial charge in [0, 0.05) is 12.1 Å². The molecule has 9 nitrogen and oxygen atoms in total. The average molecular weight is 352 g/mol. The van der Waals surface area contributed by atoms with Gasteiger partial charge in [-0.05, 0) is 38.7 Å². The minimum Gasteiger partial charge on any atom is -0.366 e. The van der Waals surface area contributed by atoms with Gasteiger partial charge in [0.25, 0.3) is 5.56 Å². The van der Waals surface area contributed by atoms with Crippen molar-refractivity contribution in [2.75, 3.05) is 5.32 Å². The molecular weight excluding hydrogens is 332 g/mol. The molecule has 0 aliphatic heterocycles. The van der Waals surface area contributed by atoms with Crippen LogP contribution in [0.15, 0.2) is 42.0 Å². The molecule has 0 bridgehead atoms. The first-order valence-electron chi connectivity index (χ1n) is 8.69. The fourth-order valence-electron chi connectivity index (χ4n) is 3.27. The van der Waals surface area contributed by atoms with Gasteiger partial charge in [0.05, 0.1) is 24.1 Å². The van der Waals surface area contributed by atoms with Gasteiger partial charge in [-0.1, -0.05) is 0 Å². The smallest absolute Gasteiger partial charge is 0.267 e. The van der Waals surface area contributed by atoms with Gasteiger partial charge in [-0.15, -0.1) is 5.10 Å². The topological polar surface area (TPSA) is 103 Å². The van der Waals surface area contributed by atoms with Gasteiger partial charge in [0.15, 0.2) is 5.82 Å². The largest absolute Gasteiger partial charge is 0.366 e. The van der Waals surface area contributed by atoms with E-state index in [1.165, 1.54) is 12.4 Å². The Hall–Kier alpha value is -3.10. The zero-order valence-corrected chi connectivity index (χ0v) is 14.5. The normalized spacial score (nSPS) is 20.0. The number of rotatable bonds is 4. The Labute approximate surface area is 150 Å². The highest BCUT2D eigenvalue weighted by molar-refractivity contribution is 5.32. The Bertz CT molecular complexity index is 911. The van der Waals surface area contributed by atoms with Crippen LogP contribution in [0.4, 0.5) is 5.82 Å². The van der Waals surface area contributed by atoms with E-state index in [4.69, 9.17) is 0 Å². The van der Waals surface area contributed by atoms with Gasteiger partial charge in [-0.2, -0.15) is 5.10 Å². The summed E-state index contributed by atoms with van der Waals surface area (Å²) in [5.74, 6) is 1.39. The quantitative estimate of drug-likeness (QED) is 0.759. The molecule has 0 aromatic carbocycles. The van der Waals surface area contributed by atoms with Gasteiger partial charge in [0.1, 0.15) is 18.5 Å². The van der Waals surface area contributed by atoms with Crippen LogP contribution in [0.2, 0.25) is 0 Å². The lowest BCUT2D eigenvalue weighted by atomic mass is 9.91. The van der Waals surface area contributed by atoms with Crippen LogP contribution in [-0.2, 0) is 0 Å². The third kappa shape index (κ3) is 3.46. The maximum absolute atomic E-state index is 12.3. The maximum Gasteiger partial charge on any atom is 0.267 e. The maximum atomic E-state index is 12.3. The van der Waals surface area contributed by atoms with E-state index in [1.54, 1.807) is 34.2 Å². The fourth-order valence-corrected chi connectivity index (χ4v) is 3.27. The molecule has 1 saturated carbocycles. The van der Waals surface area contributed by atoms with Crippen LogP contribution in [0.25, 0.3) is 5.82 Å². The van der Waals surface area contributed by atoms with Crippen LogP contribution in [0.5, 0.6) is 0 Å². The number of hydrogen-bond acceptors (Lipinski definition) is 7. The Morgan fingerprint density at radius 2 is 1.96 bits per heavy atom. The summed E-state index contributed by atoms with van der Waals surface area (Å²) in [7, 11) is 0. The van der Waals surface area contributed by atoms with E-state index in [9.17, 15) is 4.79 Å². The summed E-state index contributed by atoms with van der Waals surface area (Å²) in [5, 5.41) is 12.0. The molecule has 1 N–H and O–H groups in total. The first-order valence-corrected chi connectivity index (χ1v) is 8.69. The molecule has 134 valence electrons. The number of nitrogens with zero attached hydrogens (tertiary/aromatic N) is 7. The highest BCUT2D eigenvalue weighted by Crippen LogP contribution is 2.28. The number of aryl methyl sites for hydroxylation is 1. The second-order valence-corrected chi connectivity index (χ2v) is 6.51. The van der Waals surface area contributed by atoms with Gasteiger partial charge >= 0.3 is 0 Å². The molecule has 3 heterocycles. The summed E-state index contributed by atoms with van der Waals surface area (Å²) in [6, 6.07) is 3.62. The van der Waals surface area contributed by atoms with Crippen LogP contribution in [0.3, 0.4) is 0 Å². The summed E-state index contributed by atoms with van der Waals surface area (Å²) >= 11 is 0. The van der Waals surface area contributed by atoms with Crippen molar-refractivity contribution in [2.24, 2.45) is 0 Å². The van der Waals surface area contributed by atoms with Gasteiger partial charge in [-0.25, -0.2) is 19.3 Å². The molecule has 1 aliphatic carbocycles. The summed E-state index contributed by atoms with van der Waals surface area (Å²) < 4.78 is 3.14. The SMILES string of the molecule is Cc1cnc(NC2CCC(n3nc(-n4cncn4)ccc3=O)CC2)cn1. The molecule has 0 saturated heterocycles. The van der Waals surface area contributed by atoms with Crippen molar-refractivity contribution in [2.45, 2.75) is 44.7 Å². The van der Waals surface area contributed by atoms with Crippen molar-refractivity contribution in [1.82, 2.24) is 34.5 Å². The molecule has 3 aromatic rings. The highest BCUT2D eigenvalue weighted by Gasteiger charge is 2.24. The lowest BCUT2D eigenvalue weighted by Gasteiger charge is -2.29. The molecule has 4 rings (SSSR count). The molecule has 1 fully saturated rings. The first kappa shape index (κ1) is 16.4. The van der Waals surface area contributed by atoms with Gasteiger partial charge < -0.3 is 5.32 Å². The summed E-state index contributed by atoms with van der Waals surface area (Å²) in [4.78, 5) is 24.8. The standard InChI is InChI=1S/C17H20N8O/c1-12-8-20-15(9-19-12)22-13-2-4-14(5-3-13)25-17(26)7-6-16(23-25)24-11-18-10-21-24/h6-11,13-14H,2-5H2,1H3,(H,20,22). The highest BCUT2D eigenvalue weighted by atomic mass is 16.1. The zero-order chi connectivity index (χ0) is 17.9. The number of anilines is 1. The molecule has 1 aliphatic rings. The first-order chi connectivity index (χ1) is 12.7. The Kier molecular flexibility index (Phi) is 4.42. The van der Waals surface area contributed by atoms with E-state index in [1.807, 2.05) is 6.92 Å². The zero-order valence-electron chi connectivity index (χ0n) is 14.5. The van der Waals surface area contributed by atoms with Crippen molar-refractivity contribution >= 4 is 5.82 Å². The third-order valence-corrected chi connectivity index (χ3v) is 4.64. The van der Waals surface area contributed by atoms with Crippen LogP contribution in [-0.4, -0.2) is 40.6 Å². The van der Waals surface area contributed by atoms with Crippen molar-refractivity contribution < 1.29 is 0 Å².